The van der Waals surface area contributed by atoms with Gasteiger partial charge in [0, 0.05) is 52.4 Å². The van der Waals surface area contributed by atoms with Crippen LogP contribution in [0, 0.1) is 5.92 Å². The van der Waals surface area contributed by atoms with Crippen molar-refractivity contribution in [3.05, 3.63) is 53.6 Å². The lowest BCUT2D eigenvalue weighted by Gasteiger charge is -2.36. The molecule has 35 heavy (non-hydrogen) atoms. The number of fused-ring (bicyclic) bond motifs is 1. The Morgan fingerprint density at radius 2 is 1.83 bits per heavy atom. The zero-order valence-corrected chi connectivity index (χ0v) is 21.5. The van der Waals surface area contributed by atoms with Gasteiger partial charge in [0.1, 0.15) is 18.1 Å². The van der Waals surface area contributed by atoms with E-state index in [0.717, 1.165) is 18.8 Å². The zero-order valence-electron chi connectivity index (χ0n) is 21.5. The van der Waals surface area contributed by atoms with E-state index in [2.05, 4.69) is 36.2 Å². The molecule has 0 aromatic heterocycles. The fraction of sp³-hybridized carbons (Fsp3) is 0.481. The number of likely N-dealkylation sites (N-methyl/N-ethyl adjacent to an activating group) is 1. The summed E-state index contributed by atoms with van der Waals surface area (Å²) in [6.45, 7) is 8.09. The Balaban J connectivity index is 1.92. The standard InChI is InChI=1S/C27H37N3O5/c1-18-14-30(15-21-7-10-23(33-5)11-8-21)19(2)17-35-25-12-9-22(28-20(3)31)13-24(25)27(32)29(4)16-26(18)34-6/h7-13,18-19,26H,14-17H2,1-6H3,(H,28,31)/t18-,19+,26-/m1/s1. The third-order valence-corrected chi connectivity index (χ3v) is 6.44. The normalized spacial score (nSPS) is 21.8. The minimum absolute atomic E-state index is 0.0761. The van der Waals surface area contributed by atoms with Gasteiger partial charge in [0.2, 0.25) is 5.91 Å². The Labute approximate surface area is 208 Å². The van der Waals surface area contributed by atoms with Crippen LogP contribution in [0.1, 0.15) is 36.7 Å². The molecule has 1 aliphatic rings. The van der Waals surface area contributed by atoms with E-state index in [-0.39, 0.29) is 29.9 Å². The van der Waals surface area contributed by atoms with Gasteiger partial charge < -0.3 is 24.4 Å². The molecular weight excluding hydrogens is 446 g/mol. The molecule has 3 rings (SSSR count). The van der Waals surface area contributed by atoms with E-state index >= 15 is 0 Å². The lowest BCUT2D eigenvalue weighted by Crippen LogP contribution is -2.46. The van der Waals surface area contributed by atoms with Gasteiger partial charge in [-0.15, -0.1) is 0 Å². The molecule has 0 saturated carbocycles. The van der Waals surface area contributed by atoms with Crippen LogP contribution in [-0.4, -0.2) is 74.7 Å². The molecule has 2 aromatic carbocycles. The summed E-state index contributed by atoms with van der Waals surface area (Å²) in [5, 5.41) is 2.75. The van der Waals surface area contributed by atoms with Gasteiger partial charge in [-0.3, -0.25) is 14.5 Å². The summed E-state index contributed by atoms with van der Waals surface area (Å²) in [6.07, 6.45) is -0.142. The van der Waals surface area contributed by atoms with Crippen LogP contribution in [0.3, 0.4) is 0 Å². The van der Waals surface area contributed by atoms with Crippen LogP contribution in [0.4, 0.5) is 5.69 Å². The predicted octanol–water partition coefficient (Wildman–Crippen LogP) is 3.66. The number of nitrogens with zero attached hydrogens (tertiary/aromatic N) is 2. The first-order chi connectivity index (χ1) is 16.7. The molecule has 0 saturated heterocycles. The summed E-state index contributed by atoms with van der Waals surface area (Å²) in [7, 11) is 5.12. The van der Waals surface area contributed by atoms with Gasteiger partial charge in [-0.25, -0.2) is 0 Å². The fourth-order valence-electron chi connectivity index (χ4n) is 4.32. The van der Waals surface area contributed by atoms with Gasteiger partial charge in [0.05, 0.1) is 18.8 Å². The first-order valence-corrected chi connectivity index (χ1v) is 11.9. The van der Waals surface area contributed by atoms with Crippen molar-refractivity contribution in [1.82, 2.24) is 9.80 Å². The average Bonchev–Trinajstić information content (AvgIpc) is 2.84. The van der Waals surface area contributed by atoms with Gasteiger partial charge in [-0.05, 0) is 48.7 Å². The predicted molar refractivity (Wildman–Crippen MR) is 136 cm³/mol. The van der Waals surface area contributed by atoms with E-state index in [1.54, 1.807) is 44.4 Å². The molecule has 2 aromatic rings. The van der Waals surface area contributed by atoms with Crippen LogP contribution < -0.4 is 14.8 Å². The number of ether oxygens (including phenoxy) is 3. The molecule has 0 unspecified atom stereocenters. The quantitative estimate of drug-likeness (QED) is 0.699. The molecule has 0 bridgehead atoms. The van der Waals surface area contributed by atoms with Gasteiger partial charge in [0.25, 0.3) is 5.91 Å². The molecule has 1 aliphatic heterocycles. The van der Waals surface area contributed by atoms with Crippen LogP contribution in [0.5, 0.6) is 11.5 Å². The highest BCUT2D eigenvalue weighted by Gasteiger charge is 2.28. The van der Waals surface area contributed by atoms with E-state index in [1.165, 1.54) is 12.5 Å². The molecule has 0 fully saturated rings. The van der Waals surface area contributed by atoms with Crippen LogP contribution in [0.15, 0.2) is 42.5 Å². The zero-order chi connectivity index (χ0) is 25.5. The first kappa shape index (κ1) is 26.5. The highest BCUT2D eigenvalue weighted by Crippen LogP contribution is 2.27. The maximum absolute atomic E-state index is 13.4. The molecular formula is C27H37N3O5. The Morgan fingerprint density at radius 3 is 2.46 bits per heavy atom. The van der Waals surface area contributed by atoms with Crippen molar-refractivity contribution in [2.24, 2.45) is 5.92 Å². The van der Waals surface area contributed by atoms with E-state index < -0.39 is 0 Å². The molecule has 1 N–H and O–H groups in total. The number of carbonyl (C=O) groups excluding carboxylic acids is 2. The number of methoxy groups -OCH3 is 2. The molecule has 3 atom stereocenters. The topological polar surface area (TPSA) is 80.3 Å². The van der Waals surface area contributed by atoms with Crippen molar-refractivity contribution in [2.45, 2.75) is 39.5 Å². The van der Waals surface area contributed by atoms with Crippen molar-refractivity contribution < 1.29 is 23.8 Å². The lowest BCUT2D eigenvalue weighted by molar-refractivity contribution is -0.114. The molecule has 190 valence electrons. The van der Waals surface area contributed by atoms with Crippen molar-refractivity contribution in [3.63, 3.8) is 0 Å². The summed E-state index contributed by atoms with van der Waals surface area (Å²) in [5.41, 5.74) is 2.15. The molecule has 8 nitrogen and oxygen atoms in total. The molecule has 0 spiro atoms. The van der Waals surface area contributed by atoms with Crippen molar-refractivity contribution in [3.8, 4) is 11.5 Å². The summed E-state index contributed by atoms with van der Waals surface area (Å²) in [4.78, 5) is 28.9. The molecule has 2 amide bonds. The van der Waals surface area contributed by atoms with Gasteiger partial charge in [-0.1, -0.05) is 19.1 Å². The van der Waals surface area contributed by atoms with Crippen molar-refractivity contribution in [2.75, 3.05) is 46.3 Å². The largest absolute Gasteiger partial charge is 0.497 e. The van der Waals surface area contributed by atoms with E-state index in [9.17, 15) is 9.59 Å². The molecule has 8 heteroatoms. The second-order valence-corrected chi connectivity index (χ2v) is 9.27. The van der Waals surface area contributed by atoms with Gasteiger partial charge >= 0.3 is 0 Å². The molecule has 0 radical (unpaired) electrons. The number of benzene rings is 2. The third-order valence-electron chi connectivity index (χ3n) is 6.44. The SMILES string of the molecule is COc1ccc(CN2C[C@@H](C)[C@H](OC)CN(C)C(=O)c3cc(NC(C)=O)ccc3OC[C@@H]2C)cc1. The lowest BCUT2D eigenvalue weighted by atomic mass is 10.0. The van der Waals surface area contributed by atoms with E-state index in [0.29, 0.717) is 30.2 Å². The van der Waals surface area contributed by atoms with Crippen LogP contribution in [0.25, 0.3) is 0 Å². The maximum atomic E-state index is 13.4. The first-order valence-electron chi connectivity index (χ1n) is 11.9. The fourth-order valence-corrected chi connectivity index (χ4v) is 4.32. The van der Waals surface area contributed by atoms with Crippen LogP contribution >= 0.6 is 0 Å². The van der Waals surface area contributed by atoms with Crippen molar-refractivity contribution in [1.29, 1.82) is 0 Å². The summed E-state index contributed by atoms with van der Waals surface area (Å²) in [6, 6.07) is 13.3. The maximum Gasteiger partial charge on any atom is 0.257 e. The number of nitrogens with one attached hydrogen (secondary N) is 1. The Bertz CT molecular complexity index is 1010. The Hall–Kier alpha value is -3.10. The molecule has 1 heterocycles. The van der Waals surface area contributed by atoms with Crippen LogP contribution in [0.2, 0.25) is 0 Å². The highest BCUT2D eigenvalue weighted by molar-refractivity contribution is 5.99. The minimum atomic E-state index is -0.198. The number of hydrogen-bond donors (Lipinski definition) is 1. The monoisotopic (exact) mass is 483 g/mol. The van der Waals surface area contributed by atoms with E-state index in [4.69, 9.17) is 14.2 Å². The summed E-state index contributed by atoms with van der Waals surface area (Å²) in [5.74, 6) is 1.12. The summed E-state index contributed by atoms with van der Waals surface area (Å²) >= 11 is 0. The Kier molecular flexibility index (Phi) is 9.12. The van der Waals surface area contributed by atoms with E-state index in [1.807, 2.05) is 12.1 Å². The van der Waals surface area contributed by atoms with Gasteiger partial charge in [-0.2, -0.15) is 0 Å². The second-order valence-electron chi connectivity index (χ2n) is 9.27. The molecule has 0 aliphatic carbocycles. The third kappa shape index (κ3) is 6.96. The van der Waals surface area contributed by atoms with Crippen molar-refractivity contribution >= 4 is 17.5 Å². The number of carbonyl (C=O) groups is 2. The van der Waals surface area contributed by atoms with Crippen LogP contribution in [-0.2, 0) is 16.1 Å². The average molecular weight is 484 g/mol. The summed E-state index contributed by atoms with van der Waals surface area (Å²) < 4.78 is 17.3. The number of hydrogen-bond acceptors (Lipinski definition) is 6. The van der Waals surface area contributed by atoms with Gasteiger partial charge in [0.15, 0.2) is 0 Å². The number of rotatable bonds is 5. The smallest absolute Gasteiger partial charge is 0.257 e. The number of amides is 2. The second kappa shape index (κ2) is 12.0. The number of anilines is 1. The highest BCUT2D eigenvalue weighted by atomic mass is 16.5. The minimum Gasteiger partial charge on any atom is -0.497 e. The Morgan fingerprint density at radius 1 is 1.11 bits per heavy atom.